The van der Waals surface area contributed by atoms with Crippen LogP contribution < -0.4 is 16.0 Å². The Labute approximate surface area is 146 Å². The second kappa shape index (κ2) is 8.63. The first-order valence-electron chi connectivity index (χ1n) is 7.60. The van der Waals surface area contributed by atoms with E-state index < -0.39 is 6.04 Å². The lowest BCUT2D eigenvalue weighted by atomic mass is 10.1. The van der Waals surface area contributed by atoms with Gasteiger partial charge in [-0.15, -0.1) is 12.4 Å². The molecule has 1 fully saturated rings. The molecular weight excluding hydrogens is 330 g/mol. The fourth-order valence-corrected chi connectivity index (χ4v) is 2.55. The summed E-state index contributed by atoms with van der Waals surface area (Å²) in [6, 6.07) is 13.1. The van der Waals surface area contributed by atoms with Gasteiger partial charge in [0.2, 0.25) is 11.8 Å². The summed E-state index contributed by atoms with van der Waals surface area (Å²) in [5, 5.41) is 10.5. The molecule has 1 unspecified atom stereocenters. The molecule has 2 aromatic rings. The molecule has 1 atom stereocenters. The van der Waals surface area contributed by atoms with Crippen molar-refractivity contribution in [2.24, 2.45) is 0 Å². The van der Waals surface area contributed by atoms with E-state index >= 15 is 0 Å². The second-order valence-electron chi connectivity index (χ2n) is 5.37. The van der Waals surface area contributed by atoms with E-state index in [4.69, 9.17) is 4.74 Å². The first kappa shape index (κ1) is 18.2. The lowest BCUT2D eigenvalue weighted by Crippen LogP contribution is -2.52. The summed E-state index contributed by atoms with van der Waals surface area (Å²) in [5.74, 6) is -0.482. The Balaban J connectivity index is 0.00000208. The van der Waals surface area contributed by atoms with Gasteiger partial charge in [-0.25, -0.2) is 0 Å². The van der Waals surface area contributed by atoms with E-state index in [1.165, 1.54) is 0 Å². The summed E-state index contributed by atoms with van der Waals surface area (Å²) in [5.41, 5.74) is 0.737. The minimum Gasteiger partial charge on any atom is -0.378 e. The summed E-state index contributed by atoms with van der Waals surface area (Å²) in [4.78, 5) is 24.0. The molecule has 3 rings (SSSR count). The minimum atomic E-state index is -0.394. The number of nitrogens with one attached hydrogen (secondary N) is 3. The molecule has 3 N–H and O–H groups in total. The molecule has 1 aliphatic heterocycles. The van der Waals surface area contributed by atoms with E-state index in [1.54, 1.807) is 0 Å². The number of halogens is 1. The highest BCUT2D eigenvalue weighted by molar-refractivity contribution is 6.03. The highest BCUT2D eigenvalue weighted by Gasteiger charge is 2.21. The first-order valence-corrected chi connectivity index (χ1v) is 7.60. The summed E-state index contributed by atoms with van der Waals surface area (Å²) in [6.45, 7) is 1.50. The third-order valence-corrected chi connectivity index (χ3v) is 3.73. The van der Waals surface area contributed by atoms with Gasteiger partial charge in [0.15, 0.2) is 0 Å². The van der Waals surface area contributed by atoms with Crippen molar-refractivity contribution < 1.29 is 14.3 Å². The number of amides is 2. The van der Waals surface area contributed by atoms with E-state index in [0.717, 1.165) is 16.5 Å². The molecule has 128 valence electrons. The zero-order chi connectivity index (χ0) is 16.1. The summed E-state index contributed by atoms with van der Waals surface area (Å²) >= 11 is 0. The van der Waals surface area contributed by atoms with Crippen LogP contribution in [0.5, 0.6) is 0 Å². The van der Waals surface area contributed by atoms with Crippen LogP contribution in [0.15, 0.2) is 42.5 Å². The van der Waals surface area contributed by atoms with Crippen molar-refractivity contribution in [1.82, 2.24) is 10.6 Å². The number of anilines is 1. The van der Waals surface area contributed by atoms with Crippen LogP contribution in [0.4, 0.5) is 5.69 Å². The molecule has 0 saturated carbocycles. The van der Waals surface area contributed by atoms with Gasteiger partial charge in [-0.3, -0.25) is 9.59 Å². The number of ether oxygens (including phenoxy) is 1. The average Bonchev–Trinajstić information content (AvgIpc) is 2.61. The molecule has 0 radical (unpaired) electrons. The van der Waals surface area contributed by atoms with Crippen LogP contribution in [0, 0.1) is 0 Å². The van der Waals surface area contributed by atoms with Gasteiger partial charge in [-0.05, 0) is 11.5 Å². The Morgan fingerprint density at radius 3 is 2.75 bits per heavy atom. The maximum absolute atomic E-state index is 12.1. The van der Waals surface area contributed by atoms with E-state index in [1.807, 2.05) is 42.5 Å². The van der Waals surface area contributed by atoms with Crippen LogP contribution in [0.25, 0.3) is 10.8 Å². The highest BCUT2D eigenvalue weighted by Crippen LogP contribution is 2.22. The lowest BCUT2D eigenvalue weighted by molar-refractivity contribution is -0.128. The molecule has 2 amide bonds. The van der Waals surface area contributed by atoms with Crippen LogP contribution >= 0.6 is 12.4 Å². The second-order valence-corrected chi connectivity index (χ2v) is 5.37. The van der Waals surface area contributed by atoms with Crippen molar-refractivity contribution in [3.05, 3.63) is 42.5 Å². The molecule has 0 aromatic heterocycles. The number of fused-ring (bicyclic) bond motifs is 1. The van der Waals surface area contributed by atoms with E-state index in [0.29, 0.717) is 19.8 Å². The number of carbonyl (C=O) groups excluding carboxylic acids is 2. The maximum atomic E-state index is 12.1. The van der Waals surface area contributed by atoms with Gasteiger partial charge in [0.1, 0.15) is 6.04 Å². The fraction of sp³-hybridized carbons (Fsp3) is 0.294. The average molecular weight is 350 g/mol. The van der Waals surface area contributed by atoms with Crippen molar-refractivity contribution in [2.75, 3.05) is 31.6 Å². The van der Waals surface area contributed by atoms with Crippen molar-refractivity contribution in [3.63, 3.8) is 0 Å². The fourth-order valence-electron chi connectivity index (χ4n) is 2.55. The zero-order valence-electron chi connectivity index (χ0n) is 13.1. The molecule has 0 bridgehead atoms. The van der Waals surface area contributed by atoms with Gasteiger partial charge < -0.3 is 20.7 Å². The quantitative estimate of drug-likeness (QED) is 0.777. The minimum absolute atomic E-state index is 0. The molecule has 1 aliphatic rings. The molecule has 2 aromatic carbocycles. The summed E-state index contributed by atoms with van der Waals surface area (Å²) in [6.07, 6.45) is 0. The predicted octanol–water partition coefficient (Wildman–Crippen LogP) is 1.30. The lowest BCUT2D eigenvalue weighted by Gasteiger charge is -2.22. The number of rotatable bonds is 4. The largest absolute Gasteiger partial charge is 0.378 e. The summed E-state index contributed by atoms with van der Waals surface area (Å²) < 4.78 is 5.23. The SMILES string of the molecule is Cl.O=C(CNC(=O)C1COCCN1)Nc1cccc2ccccc12. The molecule has 1 heterocycles. The Morgan fingerprint density at radius 2 is 1.96 bits per heavy atom. The molecule has 0 aliphatic carbocycles. The normalized spacial score (nSPS) is 16.9. The van der Waals surface area contributed by atoms with E-state index in [2.05, 4.69) is 16.0 Å². The zero-order valence-corrected chi connectivity index (χ0v) is 13.9. The number of morpholine rings is 1. The molecular formula is C17H20ClN3O3. The van der Waals surface area contributed by atoms with E-state index in [9.17, 15) is 9.59 Å². The number of hydrogen-bond donors (Lipinski definition) is 3. The van der Waals surface area contributed by atoms with Gasteiger partial charge >= 0.3 is 0 Å². The van der Waals surface area contributed by atoms with Crippen molar-refractivity contribution in [1.29, 1.82) is 0 Å². The third-order valence-electron chi connectivity index (χ3n) is 3.73. The Hall–Kier alpha value is -2.15. The van der Waals surface area contributed by atoms with Crippen molar-refractivity contribution in [3.8, 4) is 0 Å². The molecule has 6 nitrogen and oxygen atoms in total. The maximum Gasteiger partial charge on any atom is 0.243 e. The van der Waals surface area contributed by atoms with Gasteiger partial charge in [0.25, 0.3) is 0 Å². The van der Waals surface area contributed by atoms with Crippen LogP contribution in [0.3, 0.4) is 0 Å². The smallest absolute Gasteiger partial charge is 0.243 e. The van der Waals surface area contributed by atoms with E-state index in [-0.39, 0.29) is 30.8 Å². The Kier molecular flexibility index (Phi) is 6.54. The Morgan fingerprint density at radius 1 is 1.17 bits per heavy atom. The van der Waals surface area contributed by atoms with Crippen molar-refractivity contribution in [2.45, 2.75) is 6.04 Å². The topological polar surface area (TPSA) is 79.5 Å². The third kappa shape index (κ3) is 4.44. The summed E-state index contributed by atoms with van der Waals surface area (Å²) in [7, 11) is 0. The Bertz CT molecular complexity index is 712. The standard InChI is InChI=1S/C17H19N3O3.ClH/c21-16(10-19-17(22)15-11-23-9-8-18-15)20-14-7-3-5-12-4-1-2-6-13(12)14;/h1-7,15,18H,8-11H2,(H,19,22)(H,20,21);1H. The molecule has 1 saturated heterocycles. The van der Waals surface area contributed by atoms with Gasteiger partial charge in [-0.2, -0.15) is 0 Å². The molecule has 0 spiro atoms. The van der Waals surface area contributed by atoms with Crippen LogP contribution in [0.1, 0.15) is 0 Å². The molecule has 7 heteroatoms. The predicted molar refractivity (Wildman–Crippen MR) is 95.4 cm³/mol. The van der Waals surface area contributed by atoms with Crippen LogP contribution in [0.2, 0.25) is 0 Å². The van der Waals surface area contributed by atoms with Gasteiger partial charge in [0, 0.05) is 17.6 Å². The molecule has 24 heavy (non-hydrogen) atoms. The number of benzene rings is 2. The first-order chi connectivity index (χ1) is 11.2. The number of carbonyl (C=O) groups is 2. The van der Waals surface area contributed by atoms with Crippen molar-refractivity contribution >= 4 is 40.7 Å². The van der Waals surface area contributed by atoms with Crippen LogP contribution in [-0.4, -0.2) is 44.2 Å². The monoisotopic (exact) mass is 349 g/mol. The van der Waals surface area contributed by atoms with Gasteiger partial charge in [0.05, 0.1) is 19.8 Å². The van der Waals surface area contributed by atoms with Gasteiger partial charge in [-0.1, -0.05) is 36.4 Å². The highest BCUT2D eigenvalue weighted by atomic mass is 35.5. The van der Waals surface area contributed by atoms with Crippen LogP contribution in [-0.2, 0) is 14.3 Å². The number of hydrogen-bond acceptors (Lipinski definition) is 4.